The van der Waals surface area contributed by atoms with Gasteiger partial charge in [-0.1, -0.05) is 19.6 Å². The Labute approximate surface area is 223 Å². The first-order chi connectivity index (χ1) is 18.5. The molecule has 0 atom stereocenters. The number of carbonyl (C=O) groups excluding carboxylic acids is 1. The van der Waals surface area contributed by atoms with Crippen LogP contribution < -0.4 is 10.6 Å². The number of alkyl halides is 3. The fraction of sp³-hybridized carbons (Fsp3) is 0.458. The smallest absolute Gasteiger partial charge is 0.360 e. The molecule has 0 bridgehead atoms. The zero-order valence-electron chi connectivity index (χ0n) is 21.9. The lowest BCUT2D eigenvalue weighted by molar-refractivity contribution is -0.140. The Morgan fingerprint density at radius 3 is 2.74 bits per heavy atom. The highest BCUT2D eigenvalue weighted by molar-refractivity contribution is 6.76. The molecule has 208 valence electrons. The molecule has 0 saturated carbocycles. The normalized spacial score (nSPS) is 15.3. The van der Waals surface area contributed by atoms with Gasteiger partial charge in [0.25, 0.3) is 0 Å². The summed E-state index contributed by atoms with van der Waals surface area (Å²) in [7, 11) is -1.35. The van der Waals surface area contributed by atoms with Crippen LogP contribution in [0.5, 0.6) is 0 Å². The van der Waals surface area contributed by atoms with E-state index in [2.05, 4.69) is 50.4 Å². The summed E-state index contributed by atoms with van der Waals surface area (Å²) in [6.07, 6.45) is -2.98. The Hall–Kier alpha value is -3.56. The zero-order chi connectivity index (χ0) is 27.8. The molecule has 11 nitrogen and oxygen atoms in total. The molecule has 0 radical (unpaired) electrons. The van der Waals surface area contributed by atoms with Crippen LogP contribution in [0.25, 0.3) is 16.6 Å². The van der Waals surface area contributed by atoms with E-state index in [0.717, 1.165) is 6.04 Å². The van der Waals surface area contributed by atoms with Crippen molar-refractivity contribution in [3.63, 3.8) is 0 Å². The average molecular weight is 562 g/mol. The molecule has 1 aliphatic rings. The van der Waals surface area contributed by atoms with E-state index in [9.17, 15) is 18.0 Å². The van der Waals surface area contributed by atoms with Gasteiger partial charge in [0.15, 0.2) is 11.3 Å². The minimum atomic E-state index is -4.60. The van der Waals surface area contributed by atoms with Crippen molar-refractivity contribution in [1.82, 2.24) is 39.6 Å². The van der Waals surface area contributed by atoms with E-state index in [1.807, 2.05) is 4.90 Å². The van der Waals surface area contributed by atoms with Gasteiger partial charge in [0.2, 0.25) is 11.9 Å². The first kappa shape index (κ1) is 27.0. The standard InChI is InChI=1S/C24H30F3N9O2Si/c1-39(2,3)11-10-38-15-35-18-12-16(4-5-17(18)22(32-35)24(25,26)27)30-23-31-19-6-7-28-20(36(19)33-23)13-34-9-8-29-21(37)14-34/h4-7,12H,8-11,13-15H2,1-3H3,(H,29,37)(H,30,33). The number of anilines is 2. The summed E-state index contributed by atoms with van der Waals surface area (Å²) in [6.45, 7) is 8.94. The van der Waals surface area contributed by atoms with Crippen LogP contribution in [0.4, 0.5) is 24.8 Å². The maximum atomic E-state index is 13.7. The summed E-state index contributed by atoms with van der Waals surface area (Å²) >= 11 is 0. The number of halogens is 3. The van der Waals surface area contributed by atoms with Crippen LogP contribution in [-0.2, 0) is 29.0 Å². The highest BCUT2D eigenvalue weighted by Crippen LogP contribution is 2.35. The third-order valence-electron chi connectivity index (χ3n) is 6.29. The number of benzene rings is 1. The summed E-state index contributed by atoms with van der Waals surface area (Å²) in [5, 5.41) is 14.2. The minimum Gasteiger partial charge on any atom is -0.360 e. The van der Waals surface area contributed by atoms with Crippen molar-refractivity contribution in [2.75, 3.05) is 31.6 Å². The summed E-state index contributed by atoms with van der Waals surface area (Å²) < 4.78 is 49.6. The monoisotopic (exact) mass is 561 g/mol. The minimum absolute atomic E-state index is 0.0122. The number of hydrogen-bond acceptors (Lipinski definition) is 8. The van der Waals surface area contributed by atoms with Crippen molar-refractivity contribution in [1.29, 1.82) is 0 Å². The Bertz CT molecular complexity index is 1500. The Morgan fingerprint density at radius 1 is 1.18 bits per heavy atom. The third kappa shape index (κ3) is 6.37. The van der Waals surface area contributed by atoms with Crippen molar-refractivity contribution in [2.24, 2.45) is 0 Å². The van der Waals surface area contributed by atoms with E-state index in [0.29, 0.717) is 43.4 Å². The second-order valence-electron chi connectivity index (χ2n) is 10.7. The number of nitrogens with zero attached hydrogens (tertiary/aromatic N) is 7. The number of aromatic nitrogens is 6. The van der Waals surface area contributed by atoms with Gasteiger partial charge in [-0.3, -0.25) is 9.69 Å². The van der Waals surface area contributed by atoms with Gasteiger partial charge in [0, 0.05) is 51.1 Å². The summed E-state index contributed by atoms with van der Waals surface area (Å²) in [4.78, 5) is 22.6. The second-order valence-corrected chi connectivity index (χ2v) is 16.3. The Morgan fingerprint density at radius 2 is 2.00 bits per heavy atom. The summed E-state index contributed by atoms with van der Waals surface area (Å²) in [5.74, 6) is 0.828. The van der Waals surface area contributed by atoms with E-state index in [-0.39, 0.29) is 36.0 Å². The molecule has 1 amide bonds. The summed E-state index contributed by atoms with van der Waals surface area (Å²) in [6, 6.07) is 7.10. The van der Waals surface area contributed by atoms with Crippen molar-refractivity contribution in [3.05, 3.63) is 42.0 Å². The van der Waals surface area contributed by atoms with Gasteiger partial charge in [-0.25, -0.2) is 9.67 Å². The molecule has 0 aliphatic carbocycles. The molecule has 15 heteroatoms. The van der Waals surface area contributed by atoms with E-state index in [1.165, 1.54) is 16.8 Å². The maximum Gasteiger partial charge on any atom is 0.435 e. The first-order valence-corrected chi connectivity index (χ1v) is 16.3. The summed E-state index contributed by atoms with van der Waals surface area (Å²) in [5.41, 5.74) is 0.378. The fourth-order valence-corrected chi connectivity index (χ4v) is 5.03. The molecular formula is C24H30F3N9O2Si. The van der Waals surface area contributed by atoms with Crippen molar-refractivity contribution < 1.29 is 22.7 Å². The molecule has 1 fully saturated rings. The molecule has 4 heterocycles. The van der Waals surface area contributed by atoms with Gasteiger partial charge in [-0.15, -0.1) is 5.10 Å². The lowest BCUT2D eigenvalue weighted by atomic mass is 10.2. The topological polar surface area (TPSA) is 114 Å². The van der Waals surface area contributed by atoms with Crippen LogP contribution in [0.1, 0.15) is 11.5 Å². The van der Waals surface area contributed by atoms with E-state index in [4.69, 9.17) is 4.74 Å². The van der Waals surface area contributed by atoms with Crippen LogP contribution in [0.2, 0.25) is 25.7 Å². The molecule has 2 N–H and O–H groups in total. The molecule has 1 aromatic carbocycles. The van der Waals surface area contributed by atoms with Crippen molar-refractivity contribution >= 4 is 42.2 Å². The van der Waals surface area contributed by atoms with E-state index >= 15 is 0 Å². The van der Waals surface area contributed by atoms with Crippen LogP contribution in [-0.4, -0.2) is 74.5 Å². The lowest BCUT2D eigenvalue weighted by Crippen LogP contribution is -2.47. The van der Waals surface area contributed by atoms with E-state index in [1.54, 1.807) is 22.8 Å². The highest BCUT2D eigenvalue weighted by atomic mass is 28.3. The molecule has 0 unspecified atom stereocenters. The molecule has 0 spiro atoms. The number of rotatable bonds is 9. The van der Waals surface area contributed by atoms with Gasteiger partial charge in [0.05, 0.1) is 18.6 Å². The van der Waals surface area contributed by atoms with Crippen molar-refractivity contribution in [2.45, 2.75) is 45.1 Å². The van der Waals surface area contributed by atoms with Crippen molar-refractivity contribution in [3.8, 4) is 0 Å². The molecule has 39 heavy (non-hydrogen) atoms. The average Bonchev–Trinajstić information content (AvgIpc) is 3.43. The van der Waals surface area contributed by atoms with Crippen LogP contribution in [0, 0.1) is 0 Å². The number of fused-ring (bicyclic) bond motifs is 2. The first-order valence-electron chi connectivity index (χ1n) is 12.6. The predicted molar refractivity (Wildman–Crippen MR) is 141 cm³/mol. The molecular weight excluding hydrogens is 531 g/mol. The Balaban J connectivity index is 1.39. The highest BCUT2D eigenvalue weighted by Gasteiger charge is 2.37. The second kappa shape index (κ2) is 10.5. The third-order valence-corrected chi connectivity index (χ3v) is 8.00. The number of piperazine rings is 1. The lowest BCUT2D eigenvalue weighted by Gasteiger charge is -2.25. The number of hydrogen-bond donors (Lipinski definition) is 2. The fourth-order valence-electron chi connectivity index (χ4n) is 4.27. The number of nitrogens with one attached hydrogen (secondary N) is 2. The maximum absolute atomic E-state index is 13.7. The van der Waals surface area contributed by atoms with Crippen LogP contribution >= 0.6 is 0 Å². The molecule has 1 aliphatic heterocycles. The molecule has 3 aromatic heterocycles. The molecule has 4 aromatic rings. The van der Waals surface area contributed by atoms with Gasteiger partial charge in [-0.2, -0.15) is 27.8 Å². The number of amides is 1. The number of ether oxygens (including phenoxy) is 1. The quantitative estimate of drug-likeness (QED) is 0.236. The van der Waals surface area contributed by atoms with Crippen LogP contribution in [0.15, 0.2) is 30.5 Å². The van der Waals surface area contributed by atoms with Gasteiger partial charge in [-0.05, 0) is 24.2 Å². The largest absolute Gasteiger partial charge is 0.435 e. The zero-order valence-corrected chi connectivity index (χ0v) is 22.9. The predicted octanol–water partition coefficient (Wildman–Crippen LogP) is 3.48. The molecule has 5 rings (SSSR count). The van der Waals surface area contributed by atoms with Gasteiger partial charge in [0.1, 0.15) is 12.6 Å². The van der Waals surface area contributed by atoms with E-state index < -0.39 is 19.9 Å². The number of carbonyl (C=O) groups is 1. The molecule has 1 saturated heterocycles. The SMILES string of the molecule is C[Si](C)(C)CCOCn1nc(C(F)(F)F)c2ccc(Nc3nc4ccnc(CN5CCNC(=O)C5)n4n3)cc21. The van der Waals surface area contributed by atoms with Gasteiger partial charge < -0.3 is 15.4 Å². The Kier molecular flexibility index (Phi) is 7.30. The van der Waals surface area contributed by atoms with Gasteiger partial charge >= 0.3 is 6.18 Å². The van der Waals surface area contributed by atoms with Crippen LogP contribution in [0.3, 0.4) is 0 Å².